The zero-order valence-corrected chi connectivity index (χ0v) is 13.3. The standard InChI is InChI=1S/C17H29ClO/c1-12-8-13(2)10-14(9-12)19-16-11-15(18)17(16)6-4-3-5-7-17/h12-16H,3-11H2,1-2H3. The Labute approximate surface area is 123 Å². The van der Waals surface area contributed by atoms with Crippen LogP contribution < -0.4 is 0 Å². The van der Waals surface area contributed by atoms with Crippen molar-refractivity contribution in [2.24, 2.45) is 17.3 Å². The predicted molar refractivity (Wildman–Crippen MR) is 80.6 cm³/mol. The first-order chi connectivity index (χ1) is 9.10. The molecule has 4 atom stereocenters. The minimum Gasteiger partial charge on any atom is -0.374 e. The van der Waals surface area contributed by atoms with Crippen LogP contribution >= 0.6 is 11.6 Å². The summed E-state index contributed by atoms with van der Waals surface area (Å²) in [6, 6.07) is 0. The predicted octanol–water partition coefficient (Wildman–Crippen LogP) is 5.16. The summed E-state index contributed by atoms with van der Waals surface area (Å²) in [5, 5.41) is 0.385. The molecule has 19 heavy (non-hydrogen) atoms. The maximum absolute atomic E-state index is 6.57. The Bertz CT molecular complexity index is 300. The zero-order valence-electron chi connectivity index (χ0n) is 12.5. The molecule has 0 heterocycles. The van der Waals surface area contributed by atoms with E-state index in [9.17, 15) is 0 Å². The van der Waals surface area contributed by atoms with Gasteiger partial charge in [0, 0.05) is 10.8 Å². The summed E-state index contributed by atoms with van der Waals surface area (Å²) in [7, 11) is 0. The third kappa shape index (κ3) is 2.70. The molecule has 3 saturated carbocycles. The van der Waals surface area contributed by atoms with Crippen molar-refractivity contribution < 1.29 is 4.74 Å². The van der Waals surface area contributed by atoms with E-state index in [0.29, 0.717) is 23.0 Å². The third-order valence-corrected chi connectivity index (χ3v) is 6.58. The Morgan fingerprint density at radius 1 is 0.895 bits per heavy atom. The van der Waals surface area contributed by atoms with E-state index in [-0.39, 0.29) is 0 Å². The van der Waals surface area contributed by atoms with E-state index in [4.69, 9.17) is 16.3 Å². The van der Waals surface area contributed by atoms with Gasteiger partial charge in [0.2, 0.25) is 0 Å². The van der Waals surface area contributed by atoms with Crippen LogP contribution in [0.25, 0.3) is 0 Å². The lowest BCUT2D eigenvalue weighted by Crippen LogP contribution is -2.57. The van der Waals surface area contributed by atoms with Crippen molar-refractivity contribution in [1.29, 1.82) is 0 Å². The van der Waals surface area contributed by atoms with Crippen molar-refractivity contribution in [3.8, 4) is 0 Å². The molecule has 0 aromatic heterocycles. The molecule has 0 aromatic carbocycles. The molecule has 0 aliphatic heterocycles. The van der Waals surface area contributed by atoms with E-state index in [0.717, 1.165) is 18.3 Å². The highest BCUT2D eigenvalue weighted by Crippen LogP contribution is 2.56. The summed E-state index contributed by atoms with van der Waals surface area (Å²) in [6.07, 6.45) is 12.7. The van der Waals surface area contributed by atoms with Crippen LogP contribution in [0.5, 0.6) is 0 Å². The highest BCUT2D eigenvalue weighted by Gasteiger charge is 2.55. The van der Waals surface area contributed by atoms with Crippen LogP contribution in [0.1, 0.15) is 71.6 Å². The van der Waals surface area contributed by atoms with Gasteiger partial charge in [-0.15, -0.1) is 11.6 Å². The van der Waals surface area contributed by atoms with Gasteiger partial charge in [0.15, 0.2) is 0 Å². The molecule has 0 N–H and O–H groups in total. The van der Waals surface area contributed by atoms with Gasteiger partial charge >= 0.3 is 0 Å². The summed E-state index contributed by atoms with van der Waals surface area (Å²) in [6.45, 7) is 4.76. The SMILES string of the molecule is CC1CC(C)CC(OC2CC(Cl)C23CCCCC3)C1. The van der Waals surface area contributed by atoms with Crippen molar-refractivity contribution in [3.05, 3.63) is 0 Å². The molecule has 0 bridgehead atoms. The molecular weight excluding hydrogens is 256 g/mol. The number of hydrogen-bond acceptors (Lipinski definition) is 1. The average Bonchev–Trinajstić information content (AvgIpc) is 2.38. The van der Waals surface area contributed by atoms with Gasteiger partial charge in [-0.25, -0.2) is 0 Å². The topological polar surface area (TPSA) is 9.23 Å². The maximum atomic E-state index is 6.57. The molecule has 0 amide bonds. The summed E-state index contributed by atoms with van der Waals surface area (Å²) < 4.78 is 6.55. The van der Waals surface area contributed by atoms with Crippen molar-refractivity contribution in [2.45, 2.75) is 89.2 Å². The fourth-order valence-corrected chi connectivity index (χ4v) is 5.47. The van der Waals surface area contributed by atoms with Crippen LogP contribution in [0.15, 0.2) is 0 Å². The number of ether oxygens (including phenoxy) is 1. The molecule has 0 aromatic rings. The second-order valence-corrected chi connectivity index (χ2v) is 8.19. The molecule has 1 spiro atoms. The summed E-state index contributed by atoms with van der Waals surface area (Å²) in [5.41, 5.74) is 0.351. The monoisotopic (exact) mass is 284 g/mol. The van der Waals surface area contributed by atoms with Crippen LogP contribution in [-0.2, 0) is 4.74 Å². The fraction of sp³-hybridized carbons (Fsp3) is 1.00. The van der Waals surface area contributed by atoms with E-state index in [2.05, 4.69) is 13.8 Å². The Kier molecular flexibility index (Phi) is 4.16. The molecule has 3 rings (SSSR count). The maximum Gasteiger partial charge on any atom is 0.0663 e. The Morgan fingerprint density at radius 3 is 2.11 bits per heavy atom. The van der Waals surface area contributed by atoms with Gasteiger partial charge in [0.1, 0.15) is 0 Å². The lowest BCUT2D eigenvalue weighted by atomic mass is 9.58. The molecule has 1 nitrogen and oxygen atoms in total. The van der Waals surface area contributed by atoms with Gasteiger partial charge in [0.05, 0.1) is 12.2 Å². The van der Waals surface area contributed by atoms with Crippen molar-refractivity contribution in [3.63, 3.8) is 0 Å². The lowest BCUT2D eigenvalue weighted by Gasteiger charge is -2.56. The highest BCUT2D eigenvalue weighted by molar-refractivity contribution is 6.21. The third-order valence-electron chi connectivity index (χ3n) is 5.96. The first-order valence-corrected chi connectivity index (χ1v) is 8.83. The molecule has 3 aliphatic rings. The number of halogens is 1. The van der Waals surface area contributed by atoms with E-state index >= 15 is 0 Å². The molecule has 3 fully saturated rings. The Morgan fingerprint density at radius 2 is 1.53 bits per heavy atom. The van der Waals surface area contributed by atoms with E-state index in [1.165, 1.54) is 51.4 Å². The van der Waals surface area contributed by atoms with Gasteiger partial charge in [-0.1, -0.05) is 33.1 Å². The lowest BCUT2D eigenvalue weighted by molar-refractivity contribution is -0.165. The normalized spacial score (nSPS) is 45.9. The Hall–Kier alpha value is 0.250. The van der Waals surface area contributed by atoms with Crippen LogP contribution in [-0.4, -0.2) is 17.6 Å². The van der Waals surface area contributed by atoms with Crippen molar-refractivity contribution in [1.82, 2.24) is 0 Å². The van der Waals surface area contributed by atoms with E-state index in [1.807, 2.05) is 0 Å². The quantitative estimate of drug-likeness (QED) is 0.637. The largest absolute Gasteiger partial charge is 0.374 e. The van der Waals surface area contributed by atoms with Crippen LogP contribution in [0, 0.1) is 17.3 Å². The molecule has 0 radical (unpaired) electrons. The van der Waals surface area contributed by atoms with Crippen LogP contribution in [0.4, 0.5) is 0 Å². The summed E-state index contributed by atoms with van der Waals surface area (Å²) in [5.74, 6) is 1.67. The number of hydrogen-bond donors (Lipinski definition) is 0. The molecule has 2 heteroatoms. The molecular formula is C17H29ClO. The first-order valence-electron chi connectivity index (χ1n) is 8.39. The van der Waals surface area contributed by atoms with Crippen LogP contribution in [0.2, 0.25) is 0 Å². The average molecular weight is 285 g/mol. The smallest absolute Gasteiger partial charge is 0.0663 e. The zero-order chi connectivity index (χ0) is 13.5. The number of rotatable bonds is 2. The fourth-order valence-electron chi connectivity index (χ4n) is 4.95. The van der Waals surface area contributed by atoms with E-state index < -0.39 is 0 Å². The second-order valence-electron chi connectivity index (χ2n) is 7.66. The Balaban J connectivity index is 1.60. The minimum atomic E-state index is 0.351. The first kappa shape index (κ1) is 14.2. The van der Waals surface area contributed by atoms with Gasteiger partial charge < -0.3 is 4.74 Å². The van der Waals surface area contributed by atoms with Crippen LogP contribution in [0.3, 0.4) is 0 Å². The summed E-state index contributed by atoms with van der Waals surface area (Å²) >= 11 is 6.57. The molecule has 3 aliphatic carbocycles. The van der Waals surface area contributed by atoms with Gasteiger partial charge in [-0.2, -0.15) is 0 Å². The van der Waals surface area contributed by atoms with Gasteiger partial charge in [-0.3, -0.25) is 0 Å². The van der Waals surface area contributed by atoms with Crippen molar-refractivity contribution >= 4 is 11.6 Å². The van der Waals surface area contributed by atoms with E-state index in [1.54, 1.807) is 0 Å². The van der Waals surface area contributed by atoms with Crippen molar-refractivity contribution in [2.75, 3.05) is 0 Å². The van der Waals surface area contributed by atoms with Gasteiger partial charge in [0.25, 0.3) is 0 Å². The molecule has 0 saturated heterocycles. The second kappa shape index (κ2) is 5.56. The highest BCUT2D eigenvalue weighted by atomic mass is 35.5. The van der Waals surface area contributed by atoms with Gasteiger partial charge in [-0.05, 0) is 50.4 Å². The summed E-state index contributed by atoms with van der Waals surface area (Å²) in [4.78, 5) is 0. The number of alkyl halides is 1. The molecule has 4 unspecified atom stereocenters. The molecule has 110 valence electrons. The minimum absolute atomic E-state index is 0.351.